The minimum absolute atomic E-state index is 0.0764. The Labute approximate surface area is 146 Å². The van der Waals surface area contributed by atoms with E-state index in [4.69, 9.17) is 11.6 Å². The van der Waals surface area contributed by atoms with Crippen LogP contribution in [0.4, 0.5) is 0 Å². The molecule has 2 aromatic rings. The molecule has 0 saturated carbocycles. The van der Waals surface area contributed by atoms with Crippen molar-refractivity contribution in [1.82, 2.24) is 4.90 Å². The van der Waals surface area contributed by atoms with Crippen molar-refractivity contribution in [1.29, 1.82) is 0 Å². The summed E-state index contributed by atoms with van der Waals surface area (Å²) in [6, 6.07) is 6.08. The molecule has 1 heterocycles. The Hall–Kier alpha value is -0.890. The Morgan fingerprint density at radius 3 is 2.59 bits per heavy atom. The molecule has 1 amide bonds. The first kappa shape index (κ1) is 17.5. The number of thiophene rings is 1. The third-order valence-electron chi connectivity index (χ3n) is 2.96. The third-order valence-corrected chi connectivity index (χ3v) is 6.08. The van der Waals surface area contributed by atoms with E-state index in [0.717, 1.165) is 15.6 Å². The van der Waals surface area contributed by atoms with Gasteiger partial charge < -0.3 is 4.90 Å². The van der Waals surface area contributed by atoms with E-state index >= 15 is 0 Å². The van der Waals surface area contributed by atoms with Crippen molar-refractivity contribution in [2.45, 2.75) is 11.4 Å². The molecule has 1 aromatic heterocycles. The molecule has 0 atom stereocenters. The van der Waals surface area contributed by atoms with Crippen molar-refractivity contribution in [2.75, 3.05) is 13.3 Å². The van der Waals surface area contributed by atoms with Crippen LogP contribution in [0, 0.1) is 0 Å². The monoisotopic (exact) mass is 421 g/mol. The predicted octanol–water partition coefficient (Wildman–Crippen LogP) is 3.84. The standard InChI is InChI=1S/C14H13BrClNO3S2/c1-17(7-10-5-9(15)8-21-10)14(18)12-6-11(22(2,19)20)3-4-13(12)16/h3-6,8H,7H2,1-2H3. The second kappa shape index (κ2) is 6.70. The molecule has 0 bridgehead atoms. The van der Waals surface area contributed by atoms with E-state index in [1.165, 1.54) is 34.4 Å². The van der Waals surface area contributed by atoms with E-state index in [1.54, 1.807) is 7.05 Å². The maximum absolute atomic E-state index is 12.5. The Kier molecular flexibility index (Phi) is 5.32. The second-order valence-corrected chi connectivity index (χ2v) is 9.14. The normalized spacial score (nSPS) is 11.5. The number of benzene rings is 1. The summed E-state index contributed by atoms with van der Waals surface area (Å²) in [6.07, 6.45) is 1.09. The fourth-order valence-corrected chi connectivity index (χ4v) is 4.20. The van der Waals surface area contributed by atoms with E-state index in [2.05, 4.69) is 15.9 Å². The average Bonchev–Trinajstić information content (AvgIpc) is 2.82. The zero-order valence-electron chi connectivity index (χ0n) is 11.8. The van der Waals surface area contributed by atoms with Crippen LogP contribution in [0.15, 0.2) is 39.0 Å². The third kappa shape index (κ3) is 4.10. The molecule has 0 unspecified atom stereocenters. The first-order chi connectivity index (χ1) is 10.2. The van der Waals surface area contributed by atoms with Crippen LogP contribution < -0.4 is 0 Å². The number of carbonyl (C=O) groups excluding carboxylic acids is 1. The quantitative estimate of drug-likeness (QED) is 0.752. The summed E-state index contributed by atoms with van der Waals surface area (Å²) < 4.78 is 24.2. The van der Waals surface area contributed by atoms with E-state index in [1.807, 2.05) is 11.4 Å². The van der Waals surface area contributed by atoms with Gasteiger partial charge in [-0.15, -0.1) is 11.3 Å². The maximum atomic E-state index is 12.5. The topological polar surface area (TPSA) is 54.5 Å². The first-order valence-electron chi connectivity index (χ1n) is 6.16. The van der Waals surface area contributed by atoms with Crippen LogP contribution in [-0.4, -0.2) is 32.5 Å². The van der Waals surface area contributed by atoms with Gasteiger partial charge in [0.15, 0.2) is 9.84 Å². The van der Waals surface area contributed by atoms with Crippen molar-refractivity contribution in [3.8, 4) is 0 Å². The lowest BCUT2D eigenvalue weighted by atomic mass is 10.2. The minimum atomic E-state index is -3.39. The van der Waals surface area contributed by atoms with Gasteiger partial charge in [0.2, 0.25) is 0 Å². The van der Waals surface area contributed by atoms with Gasteiger partial charge in [-0.1, -0.05) is 11.6 Å². The van der Waals surface area contributed by atoms with Gasteiger partial charge in [-0.05, 0) is 40.2 Å². The molecule has 0 spiro atoms. The van der Waals surface area contributed by atoms with Crippen LogP contribution in [0.3, 0.4) is 0 Å². The van der Waals surface area contributed by atoms with Gasteiger partial charge >= 0.3 is 0 Å². The van der Waals surface area contributed by atoms with Gasteiger partial charge in [-0.3, -0.25) is 4.79 Å². The number of halogens is 2. The fraction of sp³-hybridized carbons (Fsp3) is 0.214. The van der Waals surface area contributed by atoms with Gasteiger partial charge in [0.25, 0.3) is 5.91 Å². The SMILES string of the molecule is CN(Cc1cc(Br)cs1)C(=O)c1cc(S(C)(=O)=O)ccc1Cl. The van der Waals surface area contributed by atoms with E-state index < -0.39 is 9.84 Å². The summed E-state index contributed by atoms with van der Waals surface area (Å²) in [7, 11) is -1.74. The zero-order valence-corrected chi connectivity index (χ0v) is 15.8. The summed E-state index contributed by atoms with van der Waals surface area (Å²) >= 11 is 10.9. The summed E-state index contributed by atoms with van der Waals surface area (Å²) in [5, 5.41) is 2.17. The fourth-order valence-electron chi connectivity index (χ4n) is 1.85. The number of amides is 1. The van der Waals surface area contributed by atoms with Crippen molar-refractivity contribution in [3.05, 3.63) is 49.6 Å². The van der Waals surface area contributed by atoms with Crippen molar-refractivity contribution < 1.29 is 13.2 Å². The Morgan fingerprint density at radius 2 is 2.05 bits per heavy atom. The lowest BCUT2D eigenvalue weighted by molar-refractivity contribution is 0.0786. The van der Waals surface area contributed by atoms with Crippen LogP contribution in [0.1, 0.15) is 15.2 Å². The summed E-state index contributed by atoms with van der Waals surface area (Å²) in [5.74, 6) is -0.319. The Bertz CT molecular complexity index is 817. The van der Waals surface area contributed by atoms with Crippen molar-refractivity contribution >= 4 is 54.6 Å². The molecule has 0 saturated heterocycles. The van der Waals surface area contributed by atoms with Crippen molar-refractivity contribution in [3.63, 3.8) is 0 Å². The Balaban J connectivity index is 2.28. The minimum Gasteiger partial charge on any atom is -0.337 e. The number of hydrogen-bond donors (Lipinski definition) is 0. The van der Waals surface area contributed by atoms with Crippen LogP contribution >= 0.6 is 38.9 Å². The summed E-state index contributed by atoms with van der Waals surface area (Å²) in [6.45, 7) is 0.425. The van der Waals surface area contributed by atoms with Crippen LogP contribution in [-0.2, 0) is 16.4 Å². The van der Waals surface area contributed by atoms with Gasteiger partial charge in [-0.25, -0.2) is 8.42 Å². The first-order valence-corrected chi connectivity index (χ1v) is 10.1. The summed E-state index contributed by atoms with van der Waals surface area (Å²) in [5.41, 5.74) is 0.183. The molecule has 0 aliphatic rings. The van der Waals surface area contributed by atoms with Crippen LogP contribution in [0.2, 0.25) is 5.02 Å². The van der Waals surface area contributed by atoms with E-state index in [0.29, 0.717) is 6.54 Å². The van der Waals surface area contributed by atoms with Crippen LogP contribution in [0.5, 0.6) is 0 Å². The molecular formula is C14H13BrClNO3S2. The number of hydrogen-bond acceptors (Lipinski definition) is 4. The molecular weight excluding hydrogens is 410 g/mol. The molecule has 2 rings (SSSR count). The maximum Gasteiger partial charge on any atom is 0.255 e. The number of sulfone groups is 1. The second-order valence-electron chi connectivity index (χ2n) is 4.81. The summed E-state index contributed by atoms with van der Waals surface area (Å²) in [4.78, 5) is 15.1. The lowest BCUT2D eigenvalue weighted by Gasteiger charge is -2.17. The number of nitrogens with zero attached hydrogens (tertiary/aromatic N) is 1. The molecule has 0 aliphatic heterocycles. The van der Waals surface area contributed by atoms with Gasteiger partial charge in [-0.2, -0.15) is 0 Å². The smallest absolute Gasteiger partial charge is 0.255 e. The molecule has 22 heavy (non-hydrogen) atoms. The molecule has 118 valence electrons. The largest absolute Gasteiger partial charge is 0.337 e. The lowest BCUT2D eigenvalue weighted by Crippen LogP contribution is -2.26. The highest BCUT2D eigenvalue weighted by atomic mass is 79.9. The number of rotatable bonds is 4. The molecule has 4 nitrogen and oxygen atoms in total. The molecule has 1 aromatic carbocycles. The molecule has 0 aliphatic carbocycles. The molecule has 0 fully saturated rings. The van der Waals surface area contributed by atoms with E-state index in [9.17, 15) is 13.2 Å². The van der Waals surface area contributed by atoms with Crippen molar-refractivity contribution in [2.24, 2.45) is 0 Å². The van der Waals surface area contributed by atoms with Crippen LogP contribution in [0.25, 0.3) is 0 Å². The van der Waals surface area contributed by atoms with Gasteiger partial charge in [0.05, 0.1) is 22.0 Å². The van der Waals surface area contributed by atoms with E-state index in [-0.39, 0.29) is 21.4 Å². The molecule has 8 heteroatoms. The average molecular weight is 423 g/mol. The zero-order chi connectivity index (χ0) is 16.5. The highest BCUT2D eigenvalue weighted by Gasteiger charge is 2.19. The molecule has 0 radical (unpaired) electrons. The highest BCUT2D eigenvalue weighted by Crippen LogP contribution is 2.24. The highest BCUT2D eigenvalue weighted by molar-refractivity contribution is 9.10. The van der Waals surface area contributed by atoms with Gasteiger partial charge in [0.1, 0.15) is 0 Å². The van der Waals surface area contributed by atoms with Gasteiger partial charge in [0, 0.05) is 28.0 Å². The predicted molar refractivity (Wildman–Crippen MR) is 92.4 cm³/mol. The molecule has 0 N–H and O–H groups in total. The Morgan fingerprint density at radius 1 is 1.36 bits per heavy atom. The number of carbonyl (C=O) groups is 1.